The first kappa shape index (κ1) is 17.0. The monoisotopic (exact) mass is 316 g/mol. The molecule has 3 aliphatic rings. The van der Waals surface area contributed by atoms with Gasteiger partial charge in [0, 0.05) is 26.7 Å². The predicted molar refractivity (Wildman–Crippen MR) is 85.7 cm³/mol. The number of nitrogens with one attached hydrogen (secondary N) is 1. The molecule has 5 heteroatoms. The summed E-state index contributed by atoms with van der Waals surface area (Å²) in [5.41, 5.74) is -0.109. The van der Waals surface area contributed by atoms with Crippen LogP contribution in [0.2, 0.25) is 0 Å². The van der Waals surface area contributed by atoms with Crippen molar-refractivity contribution in [1.82, 2.24) is 10.2 Å². The van der Waals surface area contributed by atoms with E-state index in [4.69, 9.17) is 4.74 Å². The van der Waals surface area contributed by atoms with Crippen molar-refractivity contribution in [2.75, 3.05) is 33.3 Å². The van der Waals surface area contributed by atoms with Crippen LogP contribution < -0.4 is 5.32 Å². The zero-order chi connectivity index (χ0) is 14.0. The summed E-state index contributed by atoms with van der Waals surface area (Å²) in [6.45, 7) is 3.54. The van der Waals surface area contributed by atoms with Crippen LogP contribution in [0, 0.1) is 11.3 Å². The molecule has 3 atom stereocenters. The van der Waals surface area contributed by atoms with Gasteiger partial charge in [-0.05, 0) is 44.6 Å². The van der Waals surface area contributed by atoms with Gasteiger partial charge in [-0.15, -0.1) is 12.4 Å². The number of rotatable bonds is 3. The van der Waals surface area contributed by atoms with Crippen molar-refractivity contribution in [3.05, 3.63) is 0 Å². The number of likely N-dealkylation sites (N-methyl/N-ethyl adjacent to an activating group) is 1. The smallest absolute Gasteiger partial charge is 0.230 e. The summed E-state index contributed by atoms with van der Waals surface area (Å²) >= 11 is 0. The minimum absolute atomic E-state index is 0. The van der Waals surface area contributed by atoms with Crippen LogP contribution in [-0.4, -0.2) is 50.2 Å². The Hall–Kier alpha value is -0.320. The molecule has 0 bridgehead atoms. The molecular weight excluding hydrogens is 288 g/mol. The maximum absolute atomic E-state index is 13.0. The molecule has 3 fully saturated rings. The highest BCUT2D eigenvalue weighted by atomic mass is 35.5. The zero-order valence-corrected chi connectivity index (χ0v) is 13.9. The molecule has 2 aliphatic heterocycles. The molecule has 0 aromatic carbocycles. The number of hydrogen-bond acceptors (Lipinski definition) is 3. The van der Waals surface area contributed by atoms with E-state index in [1.807, 2.05) is 11.9 Å². The lowest BCUT2D eigenvalue weighted by atomic mass is 9.67. The number of halogens is 1. The summed E-state index contributed by atoms with van der Waals surface area (Å²) in [5.74, 6) is 0.917. The highest BCUT2D eigenvalue weighted by Gasteiger charge is 2.50. The summed E-state index contributed by atoms with van der Waals surface area (Å²) in [6.07, 6.45) is 8.55. The van der Waals surface area contributed by atoms with Gasteiger partial charge in [0.25, 0.3) is 0 Å². The Kier molecular flexibility index (Phi) is 5.92. The lowest BCUT2D eigenvalue weighted by molar-refractivity contribution is -0.146. The van der Waals surface area contributed by atoms with Crippen molar-refractivity contribution in [3.63, 3.8) is 0 Å². The fourth-order valence-electron chi connectivity index (χ4n) is 4.39. The van der Waals surface area contributed by atoms with E-state index >= 15 is 0 Å². The average molecular weight is 317 g/mol. The Morgan fingerprint density at radius 2 is 2.10 bits per heavy atom. The standard InChI is InChI=1S/C16H28N2O2.ClH/c1-18(11-14-7-3-5-9-20-14)15(19)16-8-4-2-6-13(16)10-17-12-16;/h13-14,17H,2-12H2,1H3;1H/t13-,14?,16+;/m0./s1. The lowest BCUT2D eigenvalue weighted by Gasteiger charge is -2.40. The fourth-order valence-corrected chi connectivity index (χ4v) is 4.39. The van der Waals surface area contributed by atoms with Gasteiger partial charge in [-0.1, -0.05) is 12.8 Å². The van der Waals surface area contributed by atoms with Gasteiger partial charge >= 0.3 is 0 Å². The number of ether oxygens (including phenoxy) is 1. The fraction of sp³-hybridized carbons (Fsp3) is 0.938. The van der Waals surface area contributed by atoms with E-state index in [9.17, 15) is 4.79 Å². The van der Waals surface area contributed by atoms with E-state index in [2.05, 4.69) is 5.32 Å². The lowest BCUT2D eigenvalue weighted by Crippen LogP contribution is -2.50. The Bertz CT molecular complexity index is 360. The molecule has 3 rings (SSSR count). The minimum atomic E-state index is -0.109. The van der Waals surface area contributed by atoms with Crippen LogP contribution in [0.5, 0.6) is 0 Å². The molecule has 21 heavy (non-hydrogen) atoms. The van der Waals surface area contributed by atoms with Crippen molar-refractivity contribution in [2.24, 2.45) is 11.3 Å². The van der Waals surface area contributed by atoms with Crippen LogP contribution in [0.1, 0.15) is 44.9 Å². The number of hydrogen-bond donors (Lipinski definition) is 1. The SMILES string of the molecule is CN(CC1CCCCO1)C(=O)[C@@]12CCCC[C@H]1CNC2.Cl. The molecule has 4 nitrogen and oxygen atoms in total. The average Bonchev–Trinajstić information content (AvgIpc) is 2.92. The van der Waals surface area contributed by atoms with Gasteiger partial charge in [-0.2, -0.15) is 0 Å². The van der Waals surface area contributed by atoms with Gasteiger partial charge in [0.1, 0.15) is 0 Å². The molecule has 0 aromatic rings. The minimum Gasteiger partial charge on any atom is -0.376 e. The van der Waals surface area contributed by atoms with Crippen LogP contribution in [-0.2, 0) is 9.53 Å². The Morgan fingerprint density at radius 3 is 2.86 bits per heavy atom. The normalized spacial score (nSPS) is 35.7. The number of carbonyl (C=O) groups is 1. The van der Waals surface area contributed by atoms with Crippen LogP contribution in [0.3, 0.4) is 0 Å². The Morgan fingerprint density at radius 1 is 1.29 bits per heavy atom. The van der Waals surface area contributed by atoms with Crippen molar-refractivity contribution in [2.45, 2.75) is 51.0 Å². The van der Waals surface area contributed by atoms with E-state index in [0.717, 1.165) is 39.1 Å². The third-order valence-electron chi connectivity index (χ3n) is 5.56. The summed E-state index contributed by atoms with van der Waals surface area (Å²) in [4.78, 5) is 15.0. The maximum Gasteiger partial charge on any atom is 0.230 e. The summed E-state index contributed by atoms with van der Waals surface area (Å²) in [5, 5.41) is 3.47. The first-order valence-corrected chi connectivity index (χ1v) is 8.30. The quantitative estimate of drug-likeness (QED) is 0.868. The van der Waals surface area contributed by atoms with E-state index in [-0.39, 0.29) is 23.9 Å². The van der Waals surface area contributed by atoms with Crippen LogP contribution in [0.4, 0.5) is 0 Å². The van der Waals surface area contributed by atoms with Gasteiger partial charge in [0.2, 0.25) is 5.91 Å². The van der Waals surface area contributed by atoms with Gasteiger partial charge in [0.05, 0.1) is 11.5 Å². The molecule has 2 saturated heterocycles. The van der Waals surface area contributed by atoms with Gasteiger partial charge < -0.3 is 15.0 Å². The second kappa shape index (κ2) is 7.30. The largest absolute Gasteiger partial charge is 0.376 e. The Balaban J connectivity index is 0.00000161. The van der Waals surface area contributed by atoms with E-state index < -0.39 is 0 Å². The molecule has 122 valence electrons. The predicted octanol–water partition coefficient (Wildman–Crippen LogP) is 2.22. The molecule has 1 saturated carbocycles. The van der Waals surface area contributed by atoms with E-state index in [1.165, 1.54) is 32.1 Å². The third kappa shape index (κ3) is 3.38. The van der Waals surface area contributed by atoms with Gasteiger partial charge in [-0.25, -0.2) is 0 Å². The van der Waals surface area contributed by atoms with Crippen molar-refractivity contribution in [3.8, 4) is 0 Å². The second-order valence-electron chi connectivity index (χ2n) is 6.90. The molecule has 1 aliphatic carbocycles. The molecule has 1 unspecified atom stereocenters. The summed E-state index contributed by atoms with van der Waals surface area (Å²) < 4.78 is 5.79. The van der Waals surface area contributed by atoms with Crippen LogP contribution in [0.15, 0.2) is 0 Å². The number of amides is 1. The molecule has 1 N–H and O–H groups in total. The number of carbonyl (C=O) groups excluding carboxylic acids is 1. The summed E-state index contributed by atoms with van der Waals surface area (Å²) in [6, 6.07) is 0. The number of nitrogens with zero attached hydrogens (tertiary/aromatic N) is 1. The molecule has 0 radical (unpaired) electrons. The van der Waals surface area contributed by atoms with E-state index in [0.29, 0.717) is 11.8 Å². The van der Waals surface area contributed by atoms with Crippen molar-refractivity contribution in [1.29, 1.82) is 0 Å². The molecule has 2 heterocycles. The van der Waals surface area contributed by atoms with Crippen LogP contribution >= 0.6 is 12.4 Å². The van der Waals surface area contributed by atoms with Crippen molar-refractivity contribution >= 4 is 18.3 Å². The van der Waals surface area contributed by atoms with E-state index in [1.54, 1.807) is 0 Å². The Labute approximate surface area is 134 Å². The van der Waals surface area contributed by atoms with Gasteiger partial charge in [0.15, 0.2) is 0 Å². The molecule has 1 amide bonds. The van der Waals surface area contributed by atoms with Gasteiger partial charge in [-0.3, -0.25) is 4.79 Å². The van der Waals surface area contributed by atoms with Crippen molar-refractivity contribution < 1.29 is 9.53 Å². The number of fused-ring (bicyclic) bond motifs is 1. The molecule has 0 spiro atoms. The topological polar surface area (TPSA) is 41.6 Å². The highest BCUT2D eigenvalue weighted by molar-refractivity contribution is 5.85. The molecule has 0 aromatic heterocycles. The summed E-state index contributed by atoms with van der Waals surface area (Å²) in [7, 11) is 1.97. The maximum atomic E-state index is 13.0. The zero-order valence-electron chi connectivity index (χ0n) is 13.1. The first-order valence-electron chi connectivity index (χ1n) is 8.30. The second-order valence-corrected chi connectivity index (χ2v) is 6.90. The first-order chi connectivity index (χ1) is 9.72. The highest BCUT2D eigenvalue weighted by Crippen LogP contribution is 2.44. The third-order valence-corrected chi connectivity index (χ3v) is 5.56. The molecular formula is C16H29ClN2O2. The van der Waals surface area contributed by atoms with Crippen LogP contribution in [0.25, 0.3) is 0 Å².